The zero-order chi connectivity index (χ0) is 18.4. The number of carbonyl (C=O) groups excluding carboxylic acids is 2. The van der Waals surface area contributed by atoms with E-state index in [-0.39, 0.29) is 24.6 Å². The molecule has 2 aliphatic rings. The van der Waals surface area contributed by atoms with Crippen molar-refractivity contribution in [3.63, 3.8) is 0 Å². The van der Waals surface area contributed by atoms with Crippen LogP contribution in [0.25, 0.3) is 0 Å². The van der Waals surface area contributed by atoms with Crippen molar-refractivity contribution in [3.05, 3.63) is 24.3 Å². The number of likely N-dealkylation sites (tertiary alicyclic amines) is 1. The maximum atomic E-state index is 12.0. The first-order chi connectivity index (χ1) is 12.7. The highest BCUT2D eigenvalue weighted by molar-refractivity contribution is 5.96. The summed E-state index contributed by atoms with van der Waals surface area (Å²) in [5.74, 6) is 0.155. The lowest BCUT2D eigenvalue weighted by Gasteiger charge is -2.34. The second-order valence-electron chi connectivity index (χ2n) is 6.94. The maximum absolute atomic E-state index is 12.0. The number of hydrogen-bond donors (Lipinski definition) is 3. The van der Waals surface area contributed by atoms with Crippen LogP contribution in [0.15, 0.2) is 24.3 Å². The molecule has 1 unspecified atom stereocenters. The Balaban J connectivity index is 1.42. The molecule has 0 saturated carbocycles. The Morgan fingerprint density at radius 2 is 1.96 bits per heavy atom. The van der Waals surface area contributed by atoms with Gasteiger partial charge in [0.2, 0.25) is 5.91 Å². The van der Waals surface area contributed by atoms with Crippen LogP contribution in [-0.2, 0) is 4.79 Å². The van der Waals surface area contributed by atoms with Gasteiger partial charge in [0.05, 0.1) is 6.61 Å². The highest BCUT2D eigenvalue weighted by Gasteiger charge is 2.22. The van der Waals surface area contributed by atoms with Gasteiger partial charge in [-0.2, -0.15) is 0 Å². The molecule has 142 valence electrons. The van der Waals surface area contributed by atoms with Crippen molar-refractivity contribution in [3.8, 4) is 0 Å². The fourth-order valence-corrected chi connectivity index (χ4v) is 3.70. The summed E-state index contributed by atoms with van der Waals surface area (Å²) in [5.41, 5.74) is 1.57. The van der Waals surface area contributed by atoms with E-state index < -0.39 is 0 Å². The van der Waals surface area contributed by atoms with Crippen molar-refractivity contribution in [1.82, 2.24) is 10.2 Å². The molecule has 2 heterocycles. The minimum Gasteiger partial charge on any atom is -0.395 e. The maximum Gasteiger partial charge on any atom is 0.319 e. The SMILES string of the molecule is O=C(NCCN1CCCCC1CO)Nc1ccc(N2CCCC2=O)cc1. The molecule has 1 aromatic rings. The van der Waals surface area contributed by atoms with Gasteiger partial charge >= 0.3 is 6.03 Å². The molecule has 26 heavy (non-hydrogen) atoms. The Morgan fingerprint density at radius 3 is 2.65 bits per heavy atom. The van der Waals surface area contributed by atoms with Gasteiger partial charge in [0.1, 0.15) is 0 Å². The van der Waals surface area contributed by atoms with E-state index >= 15 is 0 Å². The van der Waals surface area contributed by atoms with Crippen molar-refractivity contribution >= 4 is 23.3 Å². The van der Waals surface area contributed by atoms with Gasteiger partial charge in [-0.3, -0.25) is 9.69 Å². The summed E-state index contributed by atoms with van der Waals surface area (Å²) in [6.45, 7) is 3.21. The number of nitrogens with one attached hydrogen (secondary N) is 2. The minimum absolute atomic E-state index is 0.155. The lowest BCUT2D eigenvalue weighted by Crippen LogP contribution is -2.46. The van der Waals surface area contributed by atoms with Crippen LogP contribution in [0.2, 0.25) is 0 Å². The van der Waals surface area contributed by atoms with Crippen LogP contribution < -0.4 is 15.5 Å². The van der Waals surface area contributed by atoms with Crippen LogP contribution in [0.4, 0.5) is 16.2 Å². The van der Waals surface area contributed by atoms with E-state index in [9.17, 15) is 14.7 Å². The van der Waals surface area contributed by atoms with Crippen molar-refractivity contribution in [2.45, 2.75) is 38.1 Å². The summed E-state index contributed by atoms with van der Waals surface area (Å²) in [6.07, 6.45) is 4.84. The first-order valence-electron chi connectivity index (χ1n) is 9.47. The number of aliphatic hydroxyl groups is 1. The quantitative estimate of drug-likeness (QED) is 0.722. The van der Waals surface area contributed by atoms with Crippen LogP contribution >= 0.6 is 0 Å². The number of anilines is 2. The summed E-state index contributed by atoms with van der Waals surface area (Å²) in [6, 6.07) is 7.32. The van der Waals surface area contributed by atoms with Crippen LogP contribution in [0.5, 0.6) is 0 Å². The van der Waals surface area contributed by atoms with E-state index in [1.54, 1.807) is 4.90 Å². The lowest BCUT2D eigenvalue weighted by molar-refractivity contribution is -0.117. The number of carbonyl (C=O) groups is 2. The number of aliphatic hydroxyl groups excluding tert-OH is 1. The zero-order valence-corrected chi connectivity index (χ0v) is 15.1. The summed E-state index contributed by atoms with van der Waals surface area (Å²) in [5, 5.41) is 15.1. The van der Waals surface area contributed by atoms with Gasteiger partial charge in [0.25, 0.3) is 0 Å². The van der Waals surface area contributed by atoms with Gasteiger partial charge in [-0.15, -0.1) is 0 Å². The van der Waals surface area contributed by atoms with Crippen molar-refractivity contribution in [2.24, 2.45) is 0 Å². The topological polar surface area (TPSA) is 84.9 Å². The normalized spacial score (nSPS) is 21.0. The highest BCUT2D eigenvalue weighted by atomic mass is 16.3. The Bertz CT molecular complexity index is 620. The van der Waals surface area contributed by atoms with Gasteiger partial charge < -0.3 is 20.6 Å². The number of benzene rings is 1. The Morgan fingerprint density at radius 1 is 1.15 bits per heavy atom. The molecule has 2 saturated heterocycles. The molecule has 3 N–H and O–H groups in total. The highest BCUT2D eigenvalue weighted by Crippen LogP contribution is 2.23. The Hall–Kier alpha value is -2.12. The predicted octanol–water partition coefficient (Wildman–Crippen LogP) is 1.78. The number of amides is 3. The molecule has 7 heteroatoms. The third-order valence-corrected chi connectivity index (χ3v) is 5.15. The fourth-order valence-electron chi connectivity index (χ4n) is 3.70. The molecule has 0 aromatic heterocycles. The molecule has 3 amide bonds. The minimum atomic E-state index is -0.243. The third-order valence-electron chi connectivity index (χ3n) is 5.15. The number of urea groups is 1. The van der Waals surface area contributed by atoms with E-state index in [0.717, 1.165) is 51.0 Å². The number of piperidine rings is 1. The second-order valence-corrected chi connectivity index (χ2v) is 6.94. The summed E-state index contributed by atoms with van der Waals surface area (Å²) < 4.78 is 0. The largest absolute Gasteiger partial charge is 0.395 e. The van der Waals surface area contributed by atoms with E-state index in [0.29, 0.717) is 18.7 Å². The number of hydrogen-bond acceptors (Lipinski definition) is 4. The molecule has 2 fully saturated rings. The van der Waals surface area contributed by atoms with Gasteiger partial charge in [-0.05, 0) is 50.1 Å². The van der Waals surface area contributed by atoms with Gasteiger partial charge in [0, 0.05) is 43.5 Å². The van der Waals surface area contributed by atoms with Crippen LogP contribution in [0.3, 0.4) is 0 Å². The third kappa shape index (κ3) is 4.74. The monoisotopic (exact) mass is 360 g/mol. The number of nitrogens with zero attached hydrogens (tertiary/aromatic N) is 2. The van der Waals surface area contributed by atoms with E-state index in [1.165, 1.54) is 0 Å². The van der Waals surface area contributed by atoms with Crippen molar-refractivity contribution < 1.29 is 14.7 Å². The molecule has 0 spiro atoms. The van der Waals surface area contributed by atoms with E-state index in [1.807, 2.05) is 24.3 Å². The Kier molecular flexibility index (Phi) is 6.46. The van der Waals surface area contributed by atoms with E-state index in [2.05, 4.69) is 15.5 Å². The standard InChI is InChI=1S/C19H28N4O3/c24-14-17-4-1-2-11-22(17)13-10-20-19(26)21-15-6-8-16(9-7-15)23-12-3-5-18(23)25/h6-9,17,24H,1-5,10-14H2,(H2,20,21,26). The van der Waals surface area contributed by atoms with Gasteiger partial charge in [-0.1, -0.05) is 6.42 Å². The zero-order valence-electron chi connectivity index (χ0n) is 15.1. The first kappa shape index (κ1) is 18.7. The lowest BCUT2D eigenvalue weighted by atomic mass is 10.0. The molecule has 7 nitrogen and oxygen atoms in total. The summed E-state index contributed by atoms with van der Waals surface area (Å²) in [7, 11) is 0. The van der Waals surface area contributed by atoms with E-state index in [4.69, 9.17) is 0 Å². The first-order valence-corrected chi connectivity index (χ1v) is 9.47. The summed E-state index contributed by atoms with van der Waals surface area (Å²) in [4.78, 5) is 27.8. The van der Waals surface area contributed by atoms with Crippen LogP contribution in [0.1, 0.15) is 32.1 Å². The molecule has 1 aromatic carbocycles. The van der Waals surface area contributed by atoms with Crippen molar-refractivity contribution in [2.75, 3.05) is 43.0 Å². The molecule has 0 radical (unpaired) electrons. The molecule has 1 atom stereocenters. The second kappa shape index (κ2) is 9.00. The van der Waals surface area contributed by atoms with Crippen LogP contribution in [0, 0.1) is 0 Å². The fraction of sp³-hybridized carbons (Fsp3) is 0.579. The Labute approximate surface area is 154 Å². The average molecular weight is 360 g/mol. The van der Waals surface area contributed by atoms with Gasteiger partial charge in [0.15, 0.2) is 0 Å². The van der Waals surface area contributed by atoms with Gasteiger partial charge in [-0.25, -0.2) is 4.79 Å². The number of rotatable bonds is 6. The average Bonchev–Trinajstić information content (AvgIpc) is 3.09. The molecule has 0 bridgehead atoms. The van der Waals surface area contributed by atoms with Crippen LogP contribution in [-0.4, -0.2) is 60.8 Å². The smallest absolute Gasteiger partial charge is 0.319 e. The molecule has 3 rings (SSSR count). The molecule has 2 aliphatic heterocycles. The molecular formula is C19H28N4O3. The predicted molar refractivity (Wildman–Crippen MR) is 101 cm³/mol. The molecular weight excluding hydrogens is 332 g/mol. The summed E-state index contributed by atoms with van der Waals surface area (Å²) >= 11 is 0. The van der Waals surface area contributed by atoms with Crippen molar-refractivity contribution in [1.29, 1.82) is 0 Å². The molecule has 0 aliphatic carbocycles.